The molecule has 0 saturated carbocycles. The van der Waals surface area contributed by atoms with Crippen LogP contribution in [0.2, 0.25) is 5.02 Å². The van der Waals surface area contributed by atoms with Gasteiger partial charge >= 0.3 is 0 Å². The number of carbonyl (C=O) groups excluding carboxylic acids is 1. The Kier molecular flexibility index (Phi) is 6.68. The average Bonchev–Trinajstić information content (AvgIpc) is 2.69. The number of amides is 1. The summed E-state index contributed by atoms with van der Waals surface area (Å²) >= 11 is 9.37. The van der Waals surface area contributed by atoms with E-state index in [1.165, 1.54) is 0 Å². The van der Waals surface area contributed by atoms with Crippen LogP contribution in [-0.4, -0.2) is 12.1 Å². The third-order valence-electron chi connectivity index (χ3n) is 3.85. The van der Waals surface area contributed by atoms with Crippen molar-refractivity contribution in [3.8, 4) is 5.75 Å². The van der Waals surface area contributed by atoms with Gasteiger partial charge in [0.25, 0.3) is 5.91 Å². The lowest BCUT2D eigenvalue weighted by Gasteiger charge is -2.09. The number of carbonyl (C=O) groups is 1. The van der Waals surface area contributed by atoms with E-state index in [-0.39, 0.29) is 5.91 Å². The number of nitrogens with one attached hydrogen (secondary N) is 1. The highest BCUT2D eigenvalue weighted by atomic mass is 79.9. The zero-order chi connectivity index (χ0) is 19.9. The number of nitrogens with two attached hydrogens (primary N) is 1. The Hall–Kier alpha value is -2.83. The summed E-state index contributed by atoms with van der Waals surface area (Å²) < 4.78 is 6.59. The summed E-state index contributed by atoms with van der Waals surface area (Å²) in [7, 11) is 0. The highest BCUT2D eigenvalue weighted by molar-refractivity contribution is 9.10. The monoisotopic (exact) mass is 457 g/mol. The number of ether oxygens (including phenoxy) is 1. The molecular weight excluding hydrogens is 442 g/mol. The number of nitrogens with zero attached hydrogens (tertiary/aromatic N) is 1. The first kappa shape index (κ1) is 19.9. The van der Waals surface area contributed by atoms with Crippen LogP contribution in [0.4, 0.5) is 5.69 Å². The van der Waals surface area contributed by atoms with Gasteiger partial charge < -0.3 is 10.5 Å². The van der Waals surface area contributed by atoms with Crippen molar-refractivity contribution in [1.29, 1.82) is 0 Å². The molecule has 1 amide bonds. The number of para-hydroxylation sites is 1. The first-order chi connectivity index (χ1) is 13.5. The molecule has 0 radical (unpaired) electrons. The second-order valence-corrected chi connectivity index (χ2v) is 7.18. The molecule has 3 N–H and O–H groups in total. The van der Waals surface area contributed by atoms with Gasteiger partial charge in [0.15, 0.2) is 0 Å². The van der Waals surface area contributed by atoms with Gasteiger partial charge in [-0.15, -0.1) is 0 Å². The Balaban J connectivity index is 1.59. The van der Waals surface area contributed by atoms with E-state index in [2.05, 4.69) is 26.5 Å². The number of hydrazone groups is 1. The van der Waals surface area contributed by atoms with Crippen molar-refractivity contribution in [3.05, 3.63) is 92.9 Å². The average molecular weight is 459 g/mol. The van der Waals surface area contributed by atoms with Crippen molar-refractivity contribution in [2.24, 2.45) is 5.10 Å². The van der Waals surface area contributed by atoms with Gasteiger partial charge in [-0.25, -0.2) is 5.43 Å². The Labute approximate surface area is 176 Å². The number of benzene rings is 3. The maximum atomic E-state index is 12.1. The third-order valence-corrected chi connectivity index (χ3v) is 4.72. The fourth-order valence-electron chi connectivity index (χ4n) is 2.39. The smallest absolute Gasteiger partial charge is 0.273 e. The largest absolute Gasteiger partial charge is 0.488 e. The predicted molar refractivity (Wildman–Crippen MR) is 116 cm³/mol. The van der Waals surface area contributed by atoms with E-state index >= 15 is 0 Å². The second kappa shape index (κ2) is 9.39. The lowest BCUT2D eigenvalue weighted by atomic mass is 10.2. The quantitative estimate of drug-likeness (QED) is 0.309. The molecule has 3 aromatic rings. The molecular formula is C21H17BrClN3O2. The molecule has 0 saturated heterocycles. The van der Waals surface area contributed by atoms with Crippen LogP contribution in [0.25, 0.3) is 0 Å². The molecule has 28 heavy (non-hydrogen) atoms. The third kappa shape index (κ3) is 5.34. The van der Waals surface area contributed by atoms with E-state index in [1.54, 1.807) is 30.5 Å². The van der Waals surface area contributed by atoms with E-state index in [4.69, 9.17) is 22.1 Å². The van der Waals surface area contributed by atoms with Gasteiger partial charge in [-0.1, -0.05) is 35.9 Å². The molecule has 0 aliphatic carbocycles. The van der Waals surface area contributed by atoms with Crippen molar-refractivity contribution in [1.82, 2.24) is 5.43 Å². The molecule has 3 rings (SSSR count). The van der Waals surface area contributed by atoms with Crippen molar-refractivity contribution in [3.63, 3.8) is 0 Å². The van der Waals surface area contributed by atoms with Crippen LogP contribution >= 0.6 is 27.5 Å². The molecule has 142 valence electrons. The van der Waals surface area contributed by atoms with Crippen LogP contribution in [0.5, 0.6) is 5.75 Å². The molecule has 0 aliphatic rings. The fraction of sp³-hybridized carbons (Fsp3) is 0.0476. The molecule has 0 aromatic heterocycles. The van der Waals surface area contributed by atoms with E-state index in [0.717, 1.165) is 15.6 Å². The van der Waals surface area contributed by atoms with Gasteiger partial charge in [-0.2, -0.15) is 5.10 Å². The van der Waals surface area contributed by atoms with Gasteiger partial charge in [-0.3, -0.25) is 4.79 Å². The summed E-state index contributed by atoms with van der Waals surface area (Å²) in [6.45, 7) is 0.428. The second-order valence-electron chi connectivity index (χ2n) is 5.89. The lowest BCUT2D eigenvalue weighted by molar-refractivity contribution is 0.0956. The molecule has 0 spiro atoms. The number of halogens is 2. The SMILES string of the molecule is Nc1ccccc1C(=O)N/N=C\c1ccc(OCc2ccc(Cl)cc2)c(Br)c1. The van der Waals surface area contributed by atoms with Crippen molar-refractivity contribution < 1.29 is 9.53 Å². The Morgan fingerprint density at radius 3 is 2.61 bits per heavy atom. The van der Waals surface area contributed by atoms with Crippen LogP contribution in [0.3, 0.4) is 0 Å². The summed E-state index contributed by atoms with van der Waals surface area (Å²) in [4.78, 5) is 12.1. The molecule has 5 nitrogen and oxygen atoms in total. The van der Waals surface area contributed by atoms with E-state index in [9.17, 15) is 4.79 Å². The molecule has 0 unspecified atom stereocenters. The highest BCUT2D eigenvalue weighted by Gasteiger charge is 2.07. The van der Waals surface area contributed by atoms with Gasteiger partial charge in [-0.05, 0) is 69.5 Å². The van der Waals surface area contributed by atoms with Gasteiger partial charge in [0.2, 0.25) is 0 Å². The molecule has 0 fully saturated rings. The minimum Gasteiger partial charge on any atom is -0.488 e. The predicted octanol–water partition coefficient (Wildman–Crippen LogP) is 5.03. The number of hydrogen-bond acceptors (Lipinski definition) is 4. The Morgan fingerprint density at radius 2 is 1.89 bits per heavy atom. The van der Waals surface area contributed by atoms with Crippen molar-refractivity contribution in [2.75, 3.05) is 5.73 Å². The van der Waals surface area contributed by atoms with Gasteiger partial charge in [0, 0.05) is 10.7 Å². The minimum absolute atomic E-state index is 0.365. The molecule has 0 aliphatic heterocycles. The molecule has 3 aromatic carbocycles. The van der Waals surface area contributed by atoms with Crippen molar-refractivity contribution >= 4 is 45.3 Å². The summed E-state index contributed by atoms with van der Waals surface area (Å²) in [5, 5.41) is 4.67. The summed E-state index contributed by atoms with van der Waals surface area (Å²) in [6.07, 6.45) is 1.55. The Morgan fingerprint density at radius 1 is 1.14 bits per heavy atom. The van der Waals surface area contributed by atoms with Crippen molar-refractivity contribution in [2.45, 2.75) is 6.61 Å². The summed E-state index contributed by atoms with van der Waals surface area (Å²) in [5.74, 6) is 0.338. The summed E-state index contributed by atoms with van der Waals surface area (Å²) in [5.41, 5.74) is 10.8. The molecule has 0 bridgehead atoms. The normalized spacial score (nSPS) is 10.8. The number of rotatable bonds is 6. The first-order valence-electron chi connectivity index (χ1n) is 8.37. The van der Waals surface area contributed by atoms with Crippen LogP contribution in [0.15, 0.2) is 76.3 Å². The van der Waals surface area contributed by atoms with Crippen LogP contribution in [-0.2, 0) is 6.61 Å². The minimum atomic E-state index is -0.365. The molecule has 0 heterocycles. The van der Waals surface area contributed by atoms with Crippen LogP contribution in [0, 0.1) is 0 Å². The first-order valence-corrected chi connectivity index (χ1v) is 9.55. The standard InChI is InChI=1S/C21H17BrClN3O2/c22-18-11-15(12-25-26-21(27)17-3-1-2-4-19(17)24)7-10-20(18)28-13-14-5-8-16(23)9-6-14/h1-12H,13,24H2,(H,26,27)/b25-12-. The lowest BCUT2D eigenvalue weighted by Crippen LogP contribution is -2.18. The molecule has 0 atom stereocenters. The van der Waals surface area contributed by atoms with Gasteiger partial charge in [0.1, 0.15) is 12.4 Å². The van der Waals surface area contributed by atoms with Crippen LogP contribution in [0.1, 0.15) is 21.5 Å². The highest BCUT2D eigenvalue weighted by Crippen LogP contribution is 2.26. The zero-order valence-corrected chi connectivity index (χ0v) is 17.1. The van der Waals surface area contributed by atoms with Gasteiger partial charge in [0.05, 0.1) is 16.3 Å². The number of nitrogen functional groups attached to an aromatic ring is 1. The fourth-order valence-corrected chi connectivity index (χ4v) is 3.02. The molecule has 7 heteroatoms. The maximum absolute atomic E-state index is 12.1. The zero-order valence-electron chi connectivity index (χ0n) is 14.7. The van der Waals surface area contributed by atoms with E-state index in [0.29, 0.717) is 28.6 Å². The Bertz CT molecular complexity index is 1010. The number of hydrogen-bond donors (Lipinski definition) is 2. The van der Waals surface area contributed by atoms with E-state index in [1.807, 2.05) is 42.5 Å². The van der Waals surface area contributed by atoms with E-state index < -0.39 is 0 Å². The number of anilines is 1. The maximum Gasteiger partial charge on any atom is 0.273 e. The topological polar surface area (TPSA) is 76.7 Å². The van der Waals surface area contributed by atoms with Crippen LogP contribution < -0.4 is 15.9 Å². The summed E-state index contributed by atoms with van der Waals surface area (Å²) in [6, 6.07) is 19.8.